The highest BCUT2D eigenvalue weighted by Gasteiger charge is 2.11. The summed E-state index contributed by atoms with van der Waals surface area (Å²) >= 11 is 0. The largest absolute Gasteiger partial charge is 0.459 e. The van der Waals surface area contributed by atoms with Crippen LogP contribution < -0.4 is 10.2 Å². The first-order valence-electron chi connectivity index (χ1n) is 7.73. The van der Waals surface area contributed by atoms with E-state index in [1.807, 2.05) is 24.3 Å². The molecule has 1 amide bonds. The third-order valence-corrected chi connectivity index (χ3v) is 3.56. The highest BCUT2D eigenvalue weighted by Crippen LogP contribution is 2.15. The minimum atomic E-state index is -0.348. The van der Waals surface area contributed by atoms with Crippen LogP contribution in [0.2, 0.25) is 0 Å². The van der Waals surface area contributed by atoms with E-state index in [1.54, 1.807) is 18.2 Å². The van der Waals surface area contributed by atoms with Gasteiger partial charge in [0.05, 0.1) is 6.26 Å². The third kappa shape index (κ3) is 3.78. The van der Waals surface area contributed by atoms with Crippen molar-refractivity contribution in [2.75, 3.05) is 16.8 Å². The molecule has 0 aliphatic heterocycles. The number of carbonyl (C=O) groups is 1. The SMILES string of the molecule is CCN(Cc1ccccc1)c1ccc(NC(=O)c2ccco2)nn1. The minimum Gasteiger partial charge on any atom is -0.459 e. The summed E-state index contributed by atoms with van der Waals surface area (Å²) in [5.41, 5.74) is 1.20. The van der Waals surface area contributed by atoms with E-state index in [2.05, 4.69) is 39.5 Å². The van der Waals surface area contributed by atoms with Gasteiger partial charge in [-0.1, -0.05) is 30.3 Å². The molecule has 24 heavy (non-hydrogen) atoms. The highest BCUT2D eigenvalue weighted by atomic mass is 16.3. The summed E-state index contributed by atoms with van der Waals surface area (Å²) in [7, 11) is 0. The molecule has 1 aromatic carbocycles. The van der Waals surface area contributed by atoms with Gasteiger partial charge in [-0.2, -0.15) is 0 Å². The lowest BCUT2D eigenvalue weighted by Gasteiger charge is -2.21. The smallest absolute Gasteiger partial charge is 0.292 e. The maximum atomic E-state index is 11.9. The molecular weight excluding hydrogens is 304 g/mol. The van der Waals surface area contributed by atoms with E-state index in [1.165, 1.54) is 11.8 Å². The van der Waals surface area contributed by atoms with E-state index in [9.17, 15) is 4.79 Å². The van der Waals surface area contributed by atoms with Crippen LogP contribution in [-0.2, 0) is 6.54 Å². The molecule has 6 heteroatoms. The van der Waals surface area contributed by atoms with Crippen LogP contribution in [-0.4, -0.2) is 22.6 Å². The molecule has 0 spiro atoms. The summed E-state index contributed by atoms with van der Waals surface area (Å²) in [6.45, 7) is 3.63. The Kier molecular flexibility index (Phi) is 4.86. The van der Waals surface area contributed by atoms with Crippen molar-refractivity contribution >= 4 is 17.5 Å². The number of nitrogens with one attached hydrogen (secondary N) is 1. The molecule has 0 unspecified atom stereocenters. The average Bonchev–Trinajstić information content (AvgIpc) is 3.16. The fourth-order valence-corrected chi connectivity index (χ4v) is 2.30. The second-order valence-corrected chi connectivity index (χ2v) is 5.21. The molecule has 0 radical (unpaired) electrons. The van der Waals surface area contributed by atoms with Crippen LogP contribution in [0.15, 0.2) is 65.3 Å². The molecular formula is C18H18N4O2. The first-order valence-corrected chi connectivity index (χ1v) is 7.73. The Morgan fingerprint density at radius 3 is 2.54 bits per heavy atom. The first kappa shape index (κ1) is 15.7. The van der Waals surface area contributed by atoms with Crippen LogP contribution in [0.5, 0.6) is 0 Å². The predicted molar refractivity (Wildman–Crippen MR) is 91.9 cm³/mol. The molecule has 0 aliphatic rings. The zero-order valence-corrected chi connectivity index (χ0v) is 13.3. The van der Waals surface area contributed by atoms with Gasteiger partial charge in [0.2, 0.25) is 0 Å². The van der Waals surface area contributed by atoms with Crippen LogP contribution in [0, 0.1) is 0 Å². The Balaban J connectivity index is 1.67. The van der Waals surface area contributed by atoms with Crippen molar-refractivity contribution in [2.24, 2.45) is 0 Å². The number of furan rings is 1. The van der Waals surface area contributed by atoms with Gasteiger partial charge in [0.1, 0.15) is 0 Å². The van der Waals surface area contributed by atoms with Gasteiger partial charge in [-0.3, -0.25) is 4.79 Å². The van der Waals surface area contributed by atoms with Crippen molar-refractivity contribution in [1.82, 2.24) is 10.2 Å². The lowest BCUT2D eigenvalue weighted by atomic mass is 10.2. The Morgan fingerprint density at radius 2 is 1.92 bits per heavy atom. The lowest BCUT2D eigenvalue weighted by Crippen LogP contribution is -2.23. The van der Waals surface area contributed by atoms with Crippen molar-refractivity contribution < 1.29 is 9.21 Å². The van der Waals surface area contributed by atoms with Gasteiger partial charge in [0.15, 0.2) is 17.4 Å². The summed E-state index contributed by atoms with van der Waals surface area (Å²) < 4.78 is 5.04. The zero-order valence-electron chi connectivity index (χ0n) is 13.3. The molecule has 0 bridgehead atoms. The summed E-state index contributed by atoms with van der Waals surface area (Å²) in [6, 6.07) is 17.0. The number of carbonyl (C=O) groups excluding carboxylic acids is 1. The molecule has 0 fully saturated rings. The molecule has 0 aliphatic carbocycles. The number of anilines is 2. The standard InChI is InChI=1S/C18H18N4O2/c1-2-22(13-14-7-4-3-5-8-14)17-11-10-16(20-21-17)19-18(23)15-9-6-12-24-15/h3-12H,2,13H2,1H3,(H,19,20,23). The molecule has 2 heterocycles. The van der Waals surface area contributed by atoms with Crippen molar-refractivity contribution in [2.45, 2.75) is 13.5 Å². The number of hydrogen-bond donors (Lipinski definition) is 1. The highest BCUT2D eigenvalue weighted by molar-refractivity contribution is 6.01. The van der Waals surface area contributed by atoms with Crippen molar-refractivity contribution in [1.29, 1.82) is 0 Å². The quantitative estimate of drug-likeness (QED) is 0.753. The van der Waals surface area contributed by atoms with Gasteiger partial charge in [-0.15, -0.1) is 10.2 Å². The van der Waals surface area contributed by atoms with E-state index in [4.69, 9.17) is 4.42 Å². The molecule has 0 atom stereocenters. The maximum Gasteiger partial charge on any atom is 0.292 e. The second-order valence-electron chi connectivity index (χ2n) is 5.21. The van der Waals surface area contributed by atoms with E-state index >= 15 is 0 Å². The van der Waals surface area contributed by atoms with E-state index in [0.717, 1.165) is 18.9 Å². The summed E-state index contributed by atoms with van der Waals surface area (Å²) in [4.78, 5) is 14.0. The molecule has 0 saturated carbocycles. The molecule has 6 nitrogen and oxygen atoms in total. The Morgan fingerprint density at radius 1 is 1.08 bits per heavy atom. The molecule has 1 N–H and O–H groups in total. The number of amides is 1. The number of hydrogen-bond acceptors (Lipinski definition) is 5. The van der Waals surface area contributed by atoms with Crippen LogP contribution in [0.25, 0.3) is 0 Å². The van der Waals surface area contributed by atoms with Crippen molar-refractivity contribution in [3.63, 3.8) is 0 Å². The predicted octanol–water partition coefficient (Wildman–Crippen LogP) is 3.35. The minimum absolute atomic E-state index is 0.236. The molecule has 3 rings (SSSR count). The zero-order chi connectivity index (χ0) is 16.8. The summed E-state index contributed by atoms with van der Waals surface area (Å²) in [5, 5.41) is 10.9. The van der Waals surface area contributed by atoms with Crippen molar-refractivity contribution in [3.8, 4) is 0 Å². The maximum absolute atomic E-state index is 11.9. The average molecular weight is 322 g/mol. The monoisotopic (exact) mass is 322 g/mol. The van der Waals surface area contributed by atoms with E-state index < -0.39 is 0 Å². The van der Waals surface area contributed by atoms with Gasteiger partial charge in [-0.05, 0) is 36.8 Å². The number of rotatable bonds is 6. The summed E-state index contributed by atoms with van der Waals surface area (Å²) in [6.07, 6.45) is 1.45. The molecule has 3 aromatic rings. The lowest BCUT2D eigenvalue weighted by molar-refractivity contribution is 0.0996. The molecule has 122 valence electrons. The van der Waals surface area contributed by atoms with Gasteiger partial charge in [-0.25, -0.2) is 0 Å². The summed E-state index contributed by atoms with van der Waals surface area (Å²) in [5.74, 6) is 1.03. The Bertz CT molecular complexity index is 771. The number of nitrogens with zero attached hydrogens (tertiary/aromatic N) is 3. The Labute approximate surface area is 140 Å². The van der Waals surface area contributed by atoms with Gasteiger partial charge < -0.3 is 14.6 Å². The van der Waals surface area contributed by atoms with E-state index in [0.29, 0.717) is 5.82 Å². The topological polar surface area (TPSA) is 71.3 Å². The first-order chi connectivity index (χ1) is 11.8. The van der Waals surface area contributed by atoms with Gasteiger partial charge >= 0.3 is 0 Å². The normalized spacial score (nSPS) is 10.4. The second kappa shape index (κ2) is 7.41. The van der Waals surface area contributed by atoms with Crippen LogP contribution in [0.4, 0.5) is 11.6 Å². The fourth-order valence-electron chi connectivity index (χ4n) is 2.30. The van der Waals surface area contributed by atoms with E-state index in [-0.39, 0.29) is 11.7 Å². The Hall–Kier alpha value is -3.15. The molecule has 2 aromatic heterocycles. The van der Waals surface area contributed by atoms with Crippen molar-refractivity contribution in [3.05, 3.63) is 72.2 Å². The third-order valence-electron chi connectivity index (χ3n) is 3.56. The van der Waals surface area contributed by atoms with Crippen LogP contribution in [0.1, 0.15) is 23.0 Å². The van der Waals surface area contributed by atoms with Gasteiger partial charge in [0.25, 0.3) is 5.91 Å². The van der Waals surface area contributed by atoms with Crippen LogP contribution in [0.3, 0.4) is 0 Å². The fraction of sp³-hybridized carbons (Fsp3) is 0.167. The van der Waals surface area contributed by atoms with Crippen LogP contribution >= 0.6 is 0 Å². The number of aromatic nitrogens is 2. The van der Waals surface area contributed by atoms with Gasteiger partial charge in [0, 0.05) is 13.1 Å². The number of benzene rings is 1. The molecule has 0 saturated heterocycles.